The third-order valence-electron chi connectivity index (χ3n) is 5.76. The molecule has 168 valence electrons. The van der Waals surface area contributed by atoms with Crippen molar-refractivity contribution < 1.29 is 9.53 Å². The van der Waals surface area contributed by atoms with E-state index < -0.39 is 12.3 Å². The van der Waals surface area contributed by atoms with Crippen LogP contribution in [0.1, 0.15) is 24.3 Å². The number of nitrogens with zero attached hydrogens (tertiary/aromatic N) is 3. The number of benzene rings is 2. The minimum atomic E-state index is -0.507. The Morgan fingerprint density at radius 1 is 1.12 bits per heavy atom. The number of halogens is 1. The van der Waals surface area contributed by atoms with E-state index in [2.05, 4.69) is 21.3 Å². The number of carbonyl (C=O) groups is 1. The van der Waals surface area contributed by atoms with Crippen molar-refractivity contribution in [3.63, 3.8) is 0 Å². The van der Waals surface area contributed by atoms with Crippen LogP contribution >= 0.6 is 27.3 Å². The predicted octanol–water partition coefficient (Wildman–Crippen LogP) is 5.43. The lowest BCUT2D eigenvalue weighted by Gasteiger charge is -2.23. The van der Waals surface area contributed by atoms with Crippen LogP contribution in [0.4, 0.5) is 5.69 Å². The number of aromatic nitrogens is 2. The summed E-state index contributed by atoms with van der Waals surface area (Å²) in [5, 5.41) is 8.98. The Hall–Kier alpha value is -2.94. The van der Waals surface area contributed by atoms with Gasteiger partial charge in [-0.05, 0) is 66.8 Å². The minimum Gasteiger partial charge on any atom is -0.399 e. The number of amides is 1. The molecule has 0 spiro atoms. The SMILES string of the molecule is C[C@H]1O[C@@H](c2cn(-c3ccc(Br)cc3)nc2-c2ccsc2)N(CCc2ccc(N)cc2)C1=O. The Kier molecular flexibility index (Phi) is 6.05. The molecule has 1 amide bonds. The van der Waals surface area contributed by atoms with Gasteiger partial charge in [0.25, 0.3) is 5.91 Å². The maximum Gasteiger partial charge on any atom is 0.253 e. The van der Waals surface area contributed by atoms with E-state index in [4.69, 9.17) is 15.6 Å². The van der Waals surface area contributed by atoms with Gasteiger partial charge >= 0.3 is 0 Å². The number of nitrogen functional groups attached to an aromatic ring is 1. The van der Waals surface area contributed by atoms with E-state index in [0.717, 1.165) is 38.2 Å². The summed E-state index contributed by atoms with van der Waals surface area (Å²) < 4.78 is 9.04. The molecule has 3 heterocycles. The summed E-state index contributed by atoms with van der Waals surface area (Å²) >= 11 is 5.10. The molecule has 33 heavy (non-hydrogen) atoms. The van der Waals surface area contributed by atoms with Gasteiger partial charge in [0.15, 0.2) is 6.23 Å². The van der Waals surface area contributed by atoms with Crippen molar-refractivity contribution in [2.45, 2.75) is 25.7 Å². The standard InChI is InChI=1S/C25H23BrN4O2S/c1-16-24(31)29(12-10-17-2-6-20(27)7-3-17)25(32-16)22-14-30(21-8-4-19(26)5-9-21)28-23(22)18-11-13-33-15-18/h2-9,11,13-16,25H,10,12,27H2,1H3/t16-,25+/m1/s1. The third kappa shape index (κ3) is 4.46. The molecule has 2 N–H and O–H groups in total. The molecule has 4 aromatic rings. The molecule has 6 nitrogen and oxygen atoms in total. The number of ether oxygens (including phenoxy) is 1. The molecule has 1 fully saturated rings. The van der Waals surface area contributed by atoms with E-state index in [9.17, 15) is 4.79 Å². The first-order chi connectivity index (χ1) is 16.0. The van der Waals surface area contributed by atoms with E-state index in [-0.39, 0.29) is 5.91 Å². The summed E-state index contributed by atoms with van der Waals surface area (Å²) in [6, 6.07) is 17.8. The highest BCUT2D eigenvalue weighted by molar-refractivity contribution is 9.10. The van der Waals surface area contributed by atoms with Gasteiger partial charge in [-0.1, -0.05) is 28.1 Å². The number of thiophene rings is 1. The van der Waals surface area contributed by atoms with Crippen LogP contribution in [0.15, 0.2) is 76.0 Å². The van der Waals surface area contributed by atoms with Crippen molar-refractivity contribution in [3.8, 4) is 16.9 Å². The molecule has 0 saturated carbocycles. The van der Waals surface area contributed by atoms with E-state index in [0.29, 0.717) is 13.0 Å². The maximum atomic E-state index is 13.0. The number of hydrogen-bond donors (Lipinski definition) is 1. The summed E-state index contributed by atoms with van der Waals surface area (Å²) in [6.45, 7) is 2.35. The van der Waals surface area contributed by atoms with Gasteiger partial charge in [-0.3, -0.25) is 4.79 Å². The van der Waals surface area contributed by atoms with Crippen LogP contribution < -0.4 is 5.73 Å². The highest BCUT2D eigenvalue weighted by Crippen LogP contribution is 2.38. The monoisotopic (exact) mass is 522 g/mol. The summed E-state index contributed by atoms with van der Waals surface area (Å²) in [4.78, 5) is 14.8. The summed E-state index contributed by atoms with van der Waals surface area (Å²) in [7, 11) is 0. The average Bonchev–Trinajstić information content (AvgIpc) is 3.54. The van der Waals surface area contributed by atoms with Crippen LogP contribution in [-0.2, 0) is 16.0 Å². The summed E-state index contributed by atoms with van der Waals surface area (Å²) in [5.74, 6) is -0.0110. The van der Waals surface area contributed by atoms with Crippen LogP contribution in [0.5, 0.6) is 0 Å². The second-order valence-electron chi connectivity index (χ2n) is 8.02. The molecule has 1 saturated heterocycles. The van der Waals surface area contributed by atoms with Crippen LogP contribution in [0, 0.1) is 0 Å². The topological polar surface area (TPSA) is 73.4 Å². The van der Waals surface area contributed by atoms with Gasteiger partial charge in [0, 0.05) is 39.4 Å². The van der Waals surface area contributed by atoms with Crippen LogP contribution in [0.3, 0.4) is 0 Å². The smallest absolute Gasteiger partial charge is 0.253 e. The lowest BCUT2D eigenvalue weighted by Crippen LogP contribution is -2.32. The minimum absolute atomic E-state index is 0.0110. The Morgan fingerprint density at radius 2 is 1.88 bits per heavy atom. The molecule has 1 aliphatic rings. The summed E-state index contributed by atoms with van der Waals surface area (Å²) in [5.41, 5.74) is 11.3. The highest BCUT2D eigenvalue weighted by atomic mass is 79.9. The molecule has 0 radical (unpaired) electrons. The molecule has 0 unspecified atom stereocenters. The molecule has 2 aromatic carbocycles. The van der Waals surface area contributed by atoms with Gasteiger partial charge in [0.2, 0.25) is 0 Å². The molecule has 0 aliphatic carbocycles. The van der Waals surface area contributed by atoms with E-state index in [1.54, 1.807) is 11.3 Å². The Morgan fingerprint density at radius 3 is 2.58 bits per heavy atom. The normalized spacial score (nSPS) is 18.2. The zero-order valence-electron chi connectivity index (χ0n) is 18.0. The fourth-order valence-corrected chi connectivity index (χ4v) is 4.90. The van der Waals surface area contributed by atoms with Crippen molar-refractivity contribution in [2.75, 3.05) is 12.3 Å². The van der Waals surface area contributed by atoms with E-state index >= 15 is 0 Å². The second kappa shape index (κ2) is 9.13. The molecule has 1 aliphatic heterocycles. The van der Waals surface area contributed by atoms with Gasteiger partial charge in [-0.2, -0.15) is 16.4 Å². The van der Waals surface area contributed by atoms with Gasteiger partial charge in [0.1, 0.15) is 11.8 Å². The number of rotatable bonds is 6. The number of hydrogen-bond acceptors (Lipinski definition) is 5. The van der Waals surface area contributed by atoms with Crippen LogP contribution in [0.2, 0.25) is 0 Å². The summed E-state index contributed by atoms with van der Waals surface area (Å²) in [6.07, 6.45) is 1.68. The van der Waals surface area contributed by atoms with Crippen molar-refractivity contribution in [2.24, 2.45) is 0 Å². The second-order valence-corrected chi connectivity index (χ2v) is 9.72. The Balaban J connectivity index is 1.50. The van der Waals surface area contributed by atoms with Crippen molar-refractivity contribution in [3.05, 3.63) is 87.2 Å². The number of carbonyl (C=O) groups excluding carboxylic acids is 1. The van der Waals surface area contributed by atoms with Crippen molar-refractivity contribution in [1.29, 1.82) is 0 Å². The van der Waals surface area contributed by atoms with Crippen LogP contribution in [0.25, 0.3) is 16.9 Å². The first-order valence-corrected chi connectivity index (χ1v) is 12.4. The molecular formula is C25H23BrN4O2S. The lowest BCUT2D eigenvalue weighted by molar-refractivity contribution is -0.130. The molecule has 8 heteroatoms. The first kappa shape index (κ1) is 21.9. The van der Waals surface area contributed by atoms with Gasteiger partial charge in [-0.15, -0.1) is 0 Å². The third-order valence-corrected chi connectivity index (χ3v) is 6.97. The van der Waals surface area contributed by atoms with E-state index in [1.165, 1.54) is 0 Å². The highest BCUT2D eigenvalue weighted by Gasteiger charge is 2.40. The quantitative estimate of drug-likeness (QED) is 0.342. The van der Waals surface area contributed by atoms with Crippen LogP contribution in [-0.4, -0.2) is 33.2 Å². The van der Waals surface area contributed by atoms with Gasteiger partial charge in [-0.25, -0.2) is 4.68 Å². The fraction of sp³-hybridized carbons (Fsp3) is 0.200. The Labute approximate surface area is 204 Å². The molecule has 2 atom stereocenters. The van der Waals surface area contributed by atoms with E-state index in [1.807, 2.05) is 82.7 Å². The molecular weight excluding hydrogens is 500 g/mol. The molecule has 5 rings (SSSR count). The van der Waals surface area contributed by atoms with Gasteiger partial charge < -0.3 is 15.4 Å². The maximum absolute atomic E-state index is 13.0. The van der Waals surface area contributed by atoms with Gasteiger partial charge in [0.05, 0.1) is 5.69 Å². The largest absolute Gasteiger partial charge is 0.399 e. The zero-order chi connectivity index (χ0) is 22.9. The predicted molar refractivity (Wildman–Crippen MR) is 134 cm³/mol. The molecule has 2 aromatic heterocycles. The first-order valence-electron chi connectivity index (χ1n) is 10.7. The van der Waals surface area contributed by atoms with Crippen molar-refractivity contribution >= 4 is 38.9 Å². The number of anilines is 1. The number of nitrogens with two attached hydrogens (primary N) is 1. The lowest BCUT2D eigenvalue weighted by atomic mass is 10.1. The Bertz CT molecular complexity index is 1250. The zero-order valence-corrected chi connectivity index (χ0v) is 20.4. The fourth-order valence-electron chi connectivity index (χ4n) is 3.99. The van der Waals surface area contributed by atoms with Crippen molar-refractivity contribution in [1.82, 2.24) is 14.7 Å². The molecule has 0 bridgehead atoms. The average molecular weight is 523 g/mol.